The fourth-order valence-electron chi connectivity index (χ4n) is 2.44. The number of allylic oxidation sites excluding steroid dienone is 1. The Morgan fingerprint density at radius 2 is 2.06 bits per heavy atom. The zero-order chi connectivity index (χ0) is 12.5. The van der Waals surface area contributed by atoms with Gasteiger partial charge in [0.05, 0.1) is 11.3 Å². The summed E-state index contributed by atoms with van der Waals surface area (Å²) in [7, 11) is 0. The molecule has 0 radical (unpaired) electrons. The highest BCUT2D eigenvalue weighted by Crippen LogP contribution is 2.32. The fourth-order valence-corrected chi connectivity index (χ4v) is 2.44. The SMILES string of the molecule is O=[N+]([O-])C1=C2NCCN2C(c2ccccc2)=CC1. The minimum Gasteiger partial charge on any atom is -0.364 e. The second-order valence-corrected chi connectivity index (χ2v) is 4.29. The molecule has 0 spiro atoms. The van der Waals surface area contributed by atoms with Gasteiger partial charge in [0, 0.05) is 18.8 Å². The van der Waals surface area contributed by atoms with Crippen molar-refractivity contribution in [2.45, 2.75) is 6.42 Å². The number of nitro groups is 1. The molecule has 0 bridgehead atoms. The second-order valence-electron chi connectivity index (χ2n) is 4.29. The van der Waals surface area contributed by atoms with Crippen LogP contribution >= 0.6 is 0 Å². The highest BCUT2D eigenvalue weighted by atomic mass is 16.6. The Balaban J connectivity index is 2.00. The molecule has 92 valence electrons. The zero-order valence-corrected chi connectivity index (χ0v) is 9.80. The number of nitrogens with zero attached hydrogens (tertiary/aromatic N) is 2. The number of hydrogen-bond donors (Lipinski definition) is 1. The highest BCUT2D eigenvalue weighted by Gasteiger charge is 2.33. The number of rotatable bonds is 2. The summed E-state index contributed by atoms with van der Waals surface area (Å²) in [6.45, 7) is 1.52. The summed E-state index contributed by atoms with van der Waals surface area (Å²) in [4.78, 5) is 12.7. The van der Waals surface area contributed by atoms with E-state index in [0.717, 1.165) is 24.4 Å². The summed E-state index contributed by atoms with van der Waals surface area (Å²) >= 11 is 0. The van der Waals surface area contributed by atoms with E-state index in [2.05, 4.69) is 5.32 Å². The molecule has 1 aromatic rings. The van der Waals surface area contributed by atoms with Crippen LogP contribution in [0.4, 0.5) is 0 Å². The second kappa shape index (κ2) is 4.18. The Labute approximate surface area is 105 Å². The van der Waals surface area contributed by atoms with Crippen molar-refractivity contribution in [1.29, 1.82) is 0 Å². The molecule has 0 saturated carbocycles. The van der Waals surface area contributed by atoms with Crippen LogP contribution in [0, 0.1) is 10.1 Å². The molecule has 1 N–H and O–H groups in total. The van der Waals surface area contributed by atoms with Crippen LogP contribution in [0.1, 0.15) is 12.0 Å². The standard InChI is InChI=1S/C13H13N3O2/c17-16(18)12-7-6-11(10-4-2-1-3-5-10)15-9-8-14-13(12)15/h1-6,14H,7-9H2. The van der Waals surface area contributed by atoms with Gasteiger partial charge < -0.3 is 10.2 Å². The van der Waals surface area contributed by atoms with Gasteiger partial charge in [-0.2, -0.15) is 0 Å². The minimum atomic E-state index is -0.293. The molecular weight excluding hydrogens is 230 g/mol. The molecule has 5 heteroatoms. The lowest BCUT2D eigenvalue weighted by Crippen LogP contribution is -2.25. The third-order valence-electron chi connectivity index (χ3n) is 3.24. The molecule has 1 saturated heterocycles. The number of hydrogen-bond acceptors (Lipinski definition) is 4. The molecule has 1 aromatic carbocycles. The van der Waals surface area contributed by atoms with Gasteiger partial charge in [-0.1, -0.05) is 30.3 Å². The Morgan fingerprint density at radius 1 is 1.28 bits per heavy atom. The molecule has 3 rings (SSSR count). The molecular formula is C13H13N3O2. The van der Waals surface area contributed by atoms with E-state index in [9.17, 15) is 10.1 Å². The first kappa shape index (κ1) is 10.8. The van der Waals surface area contributed by atoms with Gasteiger partial charge in [-0.25, -0.2) is 0 Å². The molecule has 0 unspecified atom stereocenters. The van der Waals surface area contributed by atoms with Gasteiger partial charge in [-0.3, -0.25) is 10.1 Å². The Hall–Kier alpha value is -2.30. The summed E-state index contributed by atoms with van der Waals surface area (Å²) in [6, 6.07) is 9.98. The lowest BCUT2D eigenvalue weighted by molar-refractivity contribution is -0.429. The zero-order valence-electron chi connectivity index (χ0n) is 9.80. The van der Waals surface area contributed by atoms with Crippen LogP contribution in [0.5, 0.6) is 0 Å². The summed E-state index contributed by atoms with van der Waals surface area (Å²) in [5.41, 5.74) is 2.41. The fraction of sp³-hybridized carbons (Fsp3) is 0.231. The molecule has 5 nitrogen and oxygen atoms in total. The Morgan fingerprint density at radius 3 is 2.78 bits per heavy atom. The van der Waals surface area contributed by atoms with Crippen molar-refractivity contribution in [1.82, 2.24) is 10.2 Å². The van der Waals surface area contributed by atoms with E-state index in [0.29, 0.717) is 12.2 Å². The van der Waals surface area contributed by atoms with Crippen molar-refractivity contribution in [2.75, 3.05) is 13.1 Å². The van der Waals surface area contributed by atoms with Gasteiger partial charge in [0.1, 0.15) is 0 Å². The van der Waals surface area contributed by atoms with Gasteiger partial charge in [0.2, 0.25) is 0 Å². The van der Waals surface area contributed by atoms with Crippen molar-refractivity contribution in [3.05, 3.63) is 63.6 Å². The van der Waals surface area contributed by atoms with E-state index in [4.69, 9.17) is 0 Å². The predicted octanol–water partition coefficient (Wildman–Crippen LogP) is 1.78. The van der Waals surface area contributed by atoms with E-state index >= 15 is 0 Å². The van der Waals surface area contributed by atoms with E-state index in [1.54, 1.807) is 0 Å². The molecule has 2 heterocycles. The van der Waals surface area contributed by atoms with Crippen LogP contribution in [0.3, 0.4) is 0 Å². The van der Waals surface area contributed by atoms with Gasteiger partial charge in [-0.15, -0.1) is 0 Å². The number of fused-ring (bicyclic) bond motifs is 1. The number of nitrogens with one attached hydrogen (secondary N) is 1. The van der Waals surface area contributed by atoms with Gasteiger partial charge >= 0.3 is 0 Å². The Kier molecular flexibility index (Phi) is 2.51. The largest absolute Gasteiger partial charge is 0.364 e. The van der Waals surface area contributed by atoms with Crippen molar-refractivity contribution < 1.29 is 4.92 Å². The average Bonchev–Trinajstić information content (AvgIpc) is 2.87. The Bertz CT molecular complexity index is 549. The molecule has 18 heavy (non-hydrogen) atoms. The maximum absolute atomic E-state index is 11.0. The van der Waals surface area contributed by atoms with Crippen LogP contribution in [0.15, 0.2) is 47.9 Å². The first-order chi connectivity index (χ1) is 8.77. The molecule has 0 aromatic heterocycles. The van der Waals surface area contributed by atoms with Gasteiger partial charge in [0.25, 0.3) is 5.70 Å². The monoisotopic (exact) mass is 243 g/mol. The van der Waals surface area contributed by atoms with Crippen molar-refractivity contribution in [3.8, 4) is 0 Å². The minimum absolute atomic E-state index is 0.257. The van der Waals surface area contributed by atoms with E-state index in [1.165, 1.54) is 0 Å². The molecule has 0 amide bonds. The number of benzene rings is 1. The summed E-state index contributed by atoms with van der Waals surface area (Å²) in [5.74, 6) is 0.654. The average molecular weight is 243 g/mol. The summed E-state index contributed by atoms with van der Waals surface area (Å²) in [6.07, 6.45) is 2.31. The smallest absolute Gasteiger partial charge is 0.290 e. The van der Waals surface area contributed by atoms with Crippen LogP contribution < -0.4 is 5.32 Å². The predicted molar refractivity (Wildman–Crippen MR) is 67.8 cm³/mol. The maximum Gasteiger partial charge on any atom is 0.290 e. The molecule has 2 aliphatic heterocycles. The van der Waals surface area contributed by atoms with E-state index in [-0.39, 0.29) is 10.6 Å². The maximum atomic E-state index is 11.0. The molecule has 0 atom stereocenters. The van der Waals surface area contributed by atoms with E-state index < -0.39 is 0 Å². The third kappa shape index (κ3) is 1.64. The summed E-state index contributed by atoms with van der Waals surface area (Å²) < 4.78 is 0. The van der Waals surface area contributed by atoms with Gasteiger partial charge in [0.15, 0.2) is 5.82 Å². The molecule has 2 aliphatic rings. The first-order valence-electron chi connectivity index (χ1n) is 5.92. The van der Waals surface area contributed by atoms with Crippen LogP contribution in [-0.2, 0) is 0 Å². The summed E-state index contributed by atoms with van der Waals surface area (Å²) in [5, 5.41) is 14.1. The van der Waals surface area contributed by atoms with Crippen LogP contribution in [-0.4, -0.2) is 22.9 Å². The molecule has 1 fully saturated rings. The van der Waals surface area contributed by atoms with Crippen molar-refractivity contribution >= 4 is 5.70 Å². The highest BCUT2D eigenvalue weighted by molar-refractivity contribution is 5.67. The van der Waals surface area contributed by atoms with Crippen LogP contribution in [0.25, 0.3) is 5.70 Å². The first-order valence-corrected chi connectivity index (χ1v) is 5.92. The molecule has 0 aliphatic carbocycles. The van der Waals surface area contributed by atoms with E-state index in [1.807, 2.05) is 41.3 Å². The van der Waals surface area contributed by atoms with Gasteiger partial charge in [-0.05, 0) is 11.6 Å². The lowest BCUT2D eigenvalue weighted by atomic mass is 10.1. The lowest BCUT2D eigenvalue weighted by Gasteiger charge is -2.25. The third-order valence-corrected chi connectivity index (χ3v) is 3.24. The van der Waals surface area contributed by atoms with Crippen LogP contribution in [0.2, 0.25) is 0 Å². The van der Waals surface area contributed by atoms with Crippen molar-refractivity contribution in [2.24, 2.45) is 0 Å². The quantitative estimate of drug-likeness (QED) is 0.635. The normalized spacial score (nSPS) is 18.2. The van der Waals surface area contributed by atoms with Crippen molar-refractivity contribution in [3.63, 3.8) is 0 Å². The topological polar surface area (TPSA) is 58.4 Å².